The van der Waals surface area contributed by atoms with Crippen LogP contribution in [0.1, 0.15) is 78.0 Å². The Labute approximate surface area is 308 Å². The summed E-state index contributed by atoms with van der Waals surface area (Å²) < 4.78 is 9.10. The minimum atomic E-state index is 0.00667. The zero-order valence-corrected chi connectivity index (χ0v) is 31.6. The third kappa shape index (κ3) is 5.98. The number of nitrogens with zero attached hydrogens (tertiary/aromatic N) is 4. The summed E-state index contributed by atoms with van der Waals surface area (Å²) in [4.78, 5) is 9.75. The van der Waals surface area contributed by atoms with Gasteiger partial charge in [-0.2, -0.15) is 0 Å². The zero-order valence-electron chi connectivity index (χ0n) is 31.6. The number of para-hydroxylation sites is 4. The molecule has 8 rings (SSSR count). The summed E-state index contributed by atoms with van der Waals surface area (Å²) in [5, 5.41) is 2.37. The van der Waals surface area contributed by atoms with E-state index in [1.807, 2.05) is 6.20 Å². The van der Waals surface area contributed by atoms with Crippen molar-refractivity contribution in [2.75, 3.05) is 16.5 Å². The molecule has 0 aliphatic carbocycles. The molecule has 0 bridgehead atoms. The molecule has 0 fully saturated rings. The number of ether oxygens (including phenoxy) is 1. The van der Waals surface area contributed by atoms with Gasteiger partial charge in [0.05, 0.1) is 22.4 Å². The molecule has 1 aliphatic heterocycles. The number of fused-ring (bicyclic) bond motifs is 4. The summed E-state index contributed by atoms with van der Waals surface area (Å²) in [5.74, 6) is 2.84. The van der Waals surface area contributed by atoms with E-state index in [1.165, 1.54) is 44.5 Å². The molecule has 262 valence electrons. The fraction of sp³-hybridized carbons (Fsp3) is 0.255. The first kappa shape index (κ1) is 33.6. The summed E-state index contributed by atoms with van der Waals surface area (Å²) in [6, 6.07) is 43.6. The number of anilines is 4. The monoisotopic (exact) mass is 684 g/mol. The van der Waals surface area contributed by atoms with Gasteiger partial charge in [0, 0.05) is 40.5 Å². The summed E-state index contributed by atoms with van der Waals surface area (Å²) in [5.41, 5.74) is 10.8. The Morgan fingerprint density at radius 1 is 0.596 bits per heavy atom. The van der Waals surface area contributed by atoms with E-state index in [9.17, 15) is 0 Å². The standard InChI is InChI=1S/C47H48N4O/c1-31(2)32-25-34(49-30-50(43-20-14-13-19-42(43)49)41-18-12-10-16-39(41)47(6,7)8)28-36(26-32)52-35-21-22-38-37-15-9-11-17-40(37)51(44(38)29-35)45-27-33(23-24-48-45)46(3,4)5/h9-29,31H,30H2,1-8H3. The molecule has 3 heterocycles. The van der Waals surface area contributed by atoms with Crippen molar-refractivity contribution in [3.63, 3.8) is 0 Å². The molecule has 52 heavy (non-hydrogen) atoms. The van der Waals surface area contributed by atoms with Gasteiger partial charge in [0.1, 0.15) is 24.0 Å². The number of hydrogen-bond donors (Lipinski definition) is 0. The Bertz CT molecular complexity index is 2440. The van der Waals surface area contributed by atoms with Gasteiger partial charge >= 0.3 is 0 Å². The first-order valence-electron chi connectivity index (χ1n) is 18.4. The third-order valence-electron chi connectivity index (χ3n) is 10.4. The Kier molecular flexibility index (Phi) is 8.13. The van der Waals surface area contributed by atoms with Crippen molar-refractivity contribution in [3.05, 3.63) is 144 Å². The van der Waals surface area contributed by atoms with Crippen molar-refractivity contribution >= 4 is 44.6 Å². The predicted molar refractivity (Wildman–Crippen MR) is 219 cm³/mol. The van der Waals surface area contributed by atoms with Crippen LogP contribution in [0.4, 0.5) is 22.7 Å². The molecule has 7 aromatic rings. The van der Waals surface area contributed by atoms with Gasteiger partial charge in [-0.3, -0.25) is 4.57 Å². The van der Waals surface area contributed by atoms with Gasteiger partial charge in [-0.05, 0) is 94.1 Å². The van der Waals surface area contributed by atoms with Gasteiger partial charge < -0.3 is 14.5 Å². The van der Waals surface area contributed by atoms with E-state index in [4.69, 9.17) is 9.72 Å². The molecule has 1 aliphatic rings. The summed E-state index contributed by atoms with van der Waals surface area (Å²) in [7, 11) is 0. The molecule has 0 atom stereocenters. The SMILES string of the molecule is CC(C)c1cc(Oc2ccc3c4ccccc4n(-c4cc(C(C)(C)C)ccn4)c3c2)cc(N2CN(c3ccccc3C(C)(C)C)c3ccccc32)c1. The highest BCUT2D eigenvalue weighted by Crippen LogP contribution is 2.48. The molecule has 0 saturated carbocycles. The third-order valence-corrected chi connectivity index (χ3v) is 10.4. The number of pyridine rings is 1. The van der Waals surface area contributed by atoms with Crippen LogP contribution in [0.25, 0.3) is 27.6 Å². The van der Waals surface area contributed by atoms with Crippen LogP contribution in [0, 0.1) is 0 Å². The van der Waals surface area contributed by atoms with Crippen LogP contribution in [0.2, 0.25) is 0 Å². The smallest absolute Gasteiger partial charge is 0.137 e. The minimum Gasteiger partial charge on any atom is -0.457 e. The molecule has 5 nitrogen and oxygen atoms in total. The predicted octanol–water partition coefficient (Wildman–Crippen LogP) is 12.9. The maximum absolute atomic E-state index is 6.83. The fourth-order valence-electron chi connectivity index (χ4n) is 7.54. The Balaban J connectivity index is 1.21. The second-order valence-electron chi connectivity index (χ2n) is 16.5. The van der Waals surface area contributed by atoms with E-state index < -0.39 is 0 Å². The van der Waals surface area contributed by atoms with Crippen LogP contribution in [-0.4, -0.2) is 16.2 Å². The Hall–Kier alpha value is -5.55. The van der Waals surface area contributed by atoms with E-state index in [0.29, 0.717) is 12.6 Å². The van der Waals surface area contributed by atoms with Gasteiger partial charge in [-0.25, -0.2) is 4.98 Å². The number of aromatic nitrogens is 2. The maximum Gasteiger partial charge on any atom is 0.137 e. The van der Waals surface area contributed by atoms with Crippen LogP contribution in [0.3, 0.4) is 0 Å². The number of benzene rings is 5. The van der Waals surface area contributed by atoms with Crippen molar-refractivity contribution in [3.8, 4) is 17.3 Å². The van der Waals surface area contributed by atoms with Crippen molar-refractivity contribution in [1.82, 2.24) is 9.55 Å². The molecular weight excluding hydrogens is 637 g/mol. The lowest BCUT2D eigenvalue weighted by Gasteiger charge is -2.29. The highest BCUT2D eigenvalue weighted by atomic mass is 16.5. The Morgan fingerprint density at radius 2 is 1.27 bits per heavy atom. The van der Waals surface area contributed by atoms with Crippen LogP contribution in [0.5, 0.6) is 11.5 Å². The second-order valence-corrected chi connectivity index (χ2v) is 16.5. The highest BCUT2D eigenvalue weighted by Gasteiger charge is 2.31. The number of hydrogen-bond acceptors (Lipinski definition) is 4. The number of rotatable bonds is 6. The molecule has 0 saturated heterocycles. The molecular formula is C47H48N4O. The minimum absolute atomic E-state index is 0.00667. The lowest BCUT2D eigenvalue weighted by Crippen LogP contribution is -2.26. The van der Waals surface area contributed by atoms with E-state index in [0.717, 1.165) is 34.0 Å². The van der Waals surface area contributed by atoms with Crippen molar-refractivity contribution in [2.24, 2.45) is 0 Å². The van der Waals surface area contributed by atoms with Gasteiger partial charge in [0.15, 0.2) is 0 Å². The van der Waals surface area contributed by atoms with Gasteiger partial charge in [-0.1, -0.05) is 104 Å². The molecule has 2 aromatic heterocycles. The highest BCUT2D eigenvalue weighted by molar-refractivity contribution is 6.09. The maximum atomic E-state index is 6.83. The average molecular weight is 685 g/mol. The molecule has 0 radical (unpaired) electrons. The van der Waals surface area contributed by atoms with E-state index in [2.05, 4.69) is 191 Å². The average Bonchev–Trinajstić information content (AvgIpc) is 3.67. The Morgan fingerprint density at radius 3 is 2.00 bits per heavy atom. The molecule has 0 spiro atoms. The summed E-state index contributed by atoms with van der Waals surface area (Å²) >= 11 is 0. The first-order chi connectivity index (χ1) is 24.9. The van der Waals surface area contributed by atoms with Gasteiger partial charge in [-0.15, -0.1) is 0 Å². The fourth-order valence-corrected chi connectivity index (χ4v) is 7.54. The van der Waals surface area contributed by atoms with Crippen LogP contribution in [0.15, 0.2) is 128 Å². The van der Waals surface area contributed by atoms with Crippen LogP contribution < -0.4 is 14.5 Å². The molecule has 5 aromatic carbocycles. The molecule has 0 N–H and O–H groups in total. The molecule has 0 unspecified atom stereocenters. The van der Waals surface area contributed by atoms with E-state index in [1.54, 1.807) is 0 Å². The van der Waals surface area contributed by atoms with Crippen molar-refractivity contribution in [1.29, 1.82) is 0 Å². The summed E-state index contributed by atoms with van der Waals surface area (Å²) in [6.07, 6.45) is 1.93. The van der Waals surface area contributed by atoms with Crippen LogP contribution >= 0.6 is 0 Å². The van der Waals surface area contributed by atoms with Crippen molar-refractivity contribution < 1.29 is 4.74 Å². The van der Waals surface area contributed by atoms with Crippen LogP contribution in [-0.2, 0) is 10.8 Å². The molecule has 5 heteroatoms. The second kappa shape index (κ2) is 12.6. The zero-order chi connectivity index (χ0) is 36.4. The lowest BCUT2D eigenvalue weighted by molar-refractivity contribution is 0.482. The normalized spacial score (nSPS) is 13.4. The van der Waals surface area contributed by atoms with E-state index >= 15 is 0 Å². The lowest BCUT2D eigenvalue weighted by atomic mass is 9.85. The molecule has 0 amide bonds. The van der Waals surface area contributed by atoms with Gasteiger partial charge in [0.2, 0.25) is 0 Å². The topological polar surface area (TPSA) is 33.5 Å². The van der Waals surface area contributed by atoms with Crippen molar-refractivity contribution in [2.45, 2.75) is 72.1 Å². The first-order valence-corrected chi connectivity index (χ1v) is 18.4. The van der Waals surface area contributed by atoms with Gasteiger partial charge in [0.25, 0.3) is 0 Å². The van der Waals surface area contributed by atoms with E-state index in [-0.39, 0.29) is 10.8 Å². The summed E-state index contributed by atoms with van der Waals surface area (Å²) in [6.45, 7) is 18.8. The quantitative estimate of drug-likeness (QED) is 0.175. The largest absolute Gasteiger partial charge is 0.457 e.